The van der Waals surface area contributed by atoms with Crippen LogP contribution in [0.5, 0.6) is 0 Å². The largest absolute Gasteiger partial charge is 0.444 e. The van der Waals surface area contributed by atoms with Gasteiger partial charge in [0.05, 0.1) is 6.04 Å². The van der Waals surface area contributed by atoms with E-state index in [0.717, 1.165) is 25.7 Å². The van der Waals surface area contributed by atoms with Crippen molar-refractivity contribution in [1.29, 1.82) is 0 Å². The third kappa shape index (κ3) is 4.08. The van der Waals surface area contributed by atoms with Crippen molar-refractivity contribution in [3.05, 3.63) is 46.5 Å². The van der Waals surface area contributed by atoms with Gasteiger partial charge in [0.15, 0.2) is 0 Å². The zero-order chi connectivity index (χ0) is 18.2. The molecule has 1 amide bonds. The molecule has 0 radical (unpaired) electrons. The van der Waals surface area contributed by atoms with Crippen LogP contribution in [-0.2, 0) is 11.2 Å². The first-order valence-corrected chi connectivity index (χ1v) is 9.50. The van der Waals surface area contributed by atoms with Gasteiger partial charge in [0.1, 0.15) is 5.60 Å². The van der Waals surface area contributed by atoms with Gasteiger partial charge in [-0.05, 0) is 83.4 Å². The highest BCUT2D eigenvalue weighted by Crippen LogP contribution is 2.35. The van der Waals surface area contributed by atoms with Crippen molar-refractivity contribution < 1.29 is 9.53 Å². The number of aryl methyl sites for hydroxylation is 1. The molecular formula is C22H31NO2. The molecule has 0 spiro atoms. The predicted octanol–water partition coefficient (Wildman–Crippen LogP) is 5.33. The van der Waals surface area contributed by atoms with Crippen LogP contribution in [-0.4, -0.2) is 28.7 Å². The molecule has 136 valence electrons. The second-order valence-electron chi connectivity index (χ2n) is 8.60. The lowest BCUT2D eigenvalue weighted by atomic mass is 9.83. The van der Waals surface area contributed by atoms with Gasteiger partial charge in [-0.1, -0.05) is 29.8 Å². The molecule has 0 saturated carbocycles. The Morgan fingerprint density at radius 3 is 2.68 bits per heavy atom. The Morgan fingerprint density at radius 1 is 1.24 bits per heavy atom. The van der Waals surface area contributed by atoms with Crippen molar-refractivity contribution in [2.75, 3.05) is 0 Å². The first kappa shape index (κ1) is 18.0. The number of hydrogen-bond donors (Lipinski definition) is 0. The summed E-state index contributed by atoms with van der Waals surface area (Å²) >= 11 is 0. The first-order chi connectivity index (χ1) is 11.7. The van der Waals surface area contributed by atoms with Crippen LogP contribution >= 0.6 is 0 Å². The minimum atomic E-state index is -0.436. The first-order valence-electron chi connectivity index (χ1n) is 9.50. The summed E-state index contributed by atoms with van der Waals surface area (Å²) in [7, 11) is 0. The molecule has 3 heteroatoms. The molecule has 2 aliphatic rings. The Balaban J connectivity index is 1.79. The molecule has 1 aromatic carbocycles. The van der Waals surface area contributed by atoms with Gasteiger partial charge in [-0.2, -0.15) is 0 Å². The molecule has 3 rings (SSSR count). The van der Waals surface area contributed by atoms with Crippen molar-refractivity contribution in [2.45, 2.75) is 84.4 Å². The molecule has 2 heterocycles. The highest BCUT2D eigenvalue weighted by molar-refractivity contribution is 5.70. The number of benzene rings is 1. The van der Waals surface area contributed by atoms with E-state index in [1.807, 2.05) is 25.7 Å². The highest BCUT2D eigenvalue weighted by atomic mass is 16.6. The summed E-state index contributed by atoms with van der Waals surface area (Å²) in [5.74, 6) is 0. The summed E-state index contributed by atoms with van der Waals surface area (Å²) in [4.78, 5) is 14.7. The Kier molecular flexibility index (Phi) is 4.95. The average Bonchev–Trinajstić information content (AvgIpc) is 2.49. The lowest BCUT2D eigenvalue weighted by Gasteiger charge is -2.45. The maximum Gasteiger partial charge on any atom is 0.411 e. The van der Waals surface area contributed by atoms with Gasteiger partial charge in [0.2, 0.25) is 0 Å². The number of carbonyl (C=O) groups is 1. The van der Waals surface area contributed by atoms with Gasteiger partial charge in [-0.25, -0.2) is 4.79 Å². The standard InChI is InChI=1S/C22H31NO2/c1-15-8-6-9-18(16(15)2)12-17-13-19-10-7-11-20(14-17)23(19)21(24)25-22(3,4)5/h6,8-9,13,19-20H,7,10-12,14H2,1-5H3. The number of piperidine rings is 1. The van der Waals surface area contributed by atoms with E-state index in [1.165, 1.54) is 28.7 Å². The third-order valence-corrected chi connectivity index (χ3v) is 5.45. The topological polar surface area (TPSA) is 29.5 Å². The van der Waals surface area contributed by atoms with Crippen LogP contribution in [0.2, 0.25) is 0 Å². The van der Waals surface area contributed by atoms with Gasteiger partial charge in [0, 0.05) is 6.04 Å². The quantitative estimate of drug-likeness (QED) is 0.680. The van der Waals surface area contributed by atoms with Crippen molar-refractivity contribution in [2.24, 2.45) is 0 Å². The zero-order valence-electron chi connectivity index (χ0n) is 16.3. The molecule has 2 unspecified atom stereocenters. The maximum absolute atomic E-state index is 12.7. The van der Waals surface area contributed by atoms with E-state index in [2.05, 4.69) is 38.1 Å². The molecule has 25 heavy (non-hydrogen) atoms. The summed E-state index contributed by atoms with van der Waals surface area (Å²) < 4.78 is 5.66. The van der Waals surface area contributed by atoms with E-state index in [9.17, 15) is 4.79 Å². The van der Waals surface area contributed by atoms with E-state index >= 15 is 0 Å². The highest BCUT2D eigenvalue weighted by Gasteiger charge is 2.39. The summed E-state index contributed by atoms with van der Waals surface area (Å²) in [6.07, 6.45) is 7.49. The predicted molar refractivity (Wildman–Crippen MR) is 102 cm³/mol. The van der Waals surface area contributed by atoms with Gasteiger partial charge in [-0.15, -0.1) is 0 Å². The fourth-order valence-corrected chi connectivity index (χ4v) is 4.10. The summed E-state index contributed by atoms with van der Waals surface area (Å²) in [5.41, 5.74) is 5.19. The SMILES string of the molecule is Cc1cccc(CC2=CC3CCCC(C2)N3C(=O)OC(C)(C)C)c1C. The number of rotatable bonds is 2. The van der Waals surface area contributed by atoms with Crippen LogP contribution in [0.1, 0.15) is 63.1 Å². The maximum atomic E-state index is 12.7. The molecule has 2 bridgehead atoms. The molecule has 1 fully saturated rings. The van der Waals surface area contributed by atoms with Crippen LogP contribution in [0.15, 0.2) is 29.8 Å². The van der Waals surface area contributed by atoms with Crippen LogP contribution in [0.4, 0.5) is 4.79 Å². The molecule has 2 aliphatic heterocycles. The van der Waals surface area contributed by atoms with E-state index in [0.29, 0.717) is 6.04 Å². The number of fused-ring (bicyclic) bond motifs is 2. The molecule has 3 nitrogen and oxygen atoms in total. The molecule has 1 saturated heterocycles. The summed E-state index contributed by atoms with van der Waals surface area (Å²) in [6, 6.07) is 7.04. The van der Waals surface area contributed by atoms with Crippen LogP contribution in [0.3, 0.4) is 0 Å². The number of hydrogen-bond acceptors (Lipinski definition) is 2. The zero-order valence-corrected chi connectivity index (χ0v) is 16.3. The molecule has 0 aromatic heterocycles. The minimum Gasteiger partial charge on any atom is -0.444 e. The van der Waals surface area contributed by atoms with Crippen LogP contribution < -0.4 is 0 Å². The Bertz CT molecular complexity index is 684. The van der Waals surface area contributed by atoms with E-state index in [4.69, 9.17) is 4.74 Å². The van der Waals surface area contributed by atoms with Gasteiger partial charge >= 0.3 is 6.09 Å². The lowest BCUT2D eigenvalue weighted by molar-refractivity contribution is -0.00150. The Hall–Kier alpha value is -1.77. The van der Waals surface area contributed by atoms with Crippen molar-refractivity contribution in [3.63, 3.8) is 0 Å². The third-order valence-electron chi connectivity index (χ3n) is 5.45. The molecule has 1 aromatic rings. The van der Waals surface area contributed by atoms with E-state index in [1.54, 1.807) is 0 Å². The van der Waals surface area contributed by atoms with Crippen molar-refractivity contribution in [1.82, 2.24) is 4.90 Å². The summed E-state index contributed by atoms with van der Waals surface area (Å²) in [5, 5.41) is 0. The monoisotopic (exact) mass is 341 g/mol. The second-order valence-corrected chi connectivity index (χ2v) is 8.60. The Morgan fingerprint density at radius 2 is 2.00 bits per heavy atom. The van der Waals surface area contributed by atoms with Crippen molar-refractivity contribution in [3.8, 4) is 0 Å². The summed E-state index contributed by atoms with van der Waals surface area (Å²) in [6.45, 7) is 10.2. The minimum absolute atomic E-state index is 0.149. The number of ether oxygens (including phenoxy) is 1. The van der Waals surface area contributed by atoms with Gasteiger partial charge in [0.25, 0.3) is 0 Å². The normalized spacial score (nSPS) is 23.2. The van der Waals surface area contributed by atoms with Crippen molar-refractivity contribution >= 4 is 6.09 Å². The number of amides is 1. The fourth-order valence-electron chi connectivity index (χ4n) is 4.10. The van der Waals surface area contributed by atoms with Gasteiger partial charge < -0.3 is 4.74 Å². The fraction of sp³-hybridized carbons (Fsp3) is 0.591. The Labute approximate surface area is 152 Å². The van der Waals surface area contributed by atoms with Crippen LogP contribution in [0, 0.1) is 13.8 Å². The smallest absolute Gasteiger partial charge is 0.411 e. The number of carbonyl (C=O) groups excluding carboxylic acids is 1. The molecule has 2 atom stereocenters. The number of nitrogens with zero attached hydrogens (tertiary/aromatic N) is 1. The second kappa shape index (κ2) is 6.86. The lowest BCUT2D eigenvalue weighted by Crippen LogP contribution is -2.53. The average molecular weight is 341 g/mol. The van der Waals surface area contributed by atoms with E-state index < -0.39 is 5.60 Å². The van der Waals surface area contributed by atoms with Crippen LogP contribution in [0.25, 0.3) is 0 Å². The molecule has 0 aliphatic carbocycles. The van der Waals surface area contributed by atoms with Gasteiger partial charge in [-0.3, -0.25) is 4.90 Å². The molecule has 0 N–H and O–H groups in total. The molecular weight excluding hydrogens is 310 g/mol. The van der Waals surface area contributed by atoms with E-state index in [-0.39, 0.29) is 12.1 Å².